The summed E-state index contributed by atoms with van der Waals surface area (Å²) in [6.45, 7) is -1.17. The second kappa shape index (κ2) is 7.63. The van der Waals surface area contributed by atoms with Crippen LogP contribution in [0.5, 0.6) is 0 Å². The second-order valence-corrected chi connectivity index (χ2v) is 5.57. The third-order valence-corrected chi connectivity index (χ3v) is 3.93. The van der Waals surface area contributed by atoms with Gasteiger partial charge in [0.1, 0.15) is 48.8 Å². The highest BCUT2D eigenvalue weighted by Gasteiger charge is 2.47. The van der Waals surface area contributed by atoms with Crippen molar-refractivity contribution in [1.29, 1.82) is 0 Å². The maximum absolute atomic E-state index is 9.88. The first-order chi connectivity index (χ1) is 10.8. The summed E-state index contributed by atoms with van der Waals surface area (Å²) in [5, 5.41) is 76.1. The van der Waals surface area contributed by atoms with E-state index in [2.05, 4.69) is 0 Å². The zero-order valence-corrected chi connectivity index (χ0v) is 12.0. The van der Waals surface area contributed by atoms with E-state index in [4.69, 9.17) is 19.3 Å². The first-order valence-electron chi connectivity index (χ1n) is 7.07. The predicted octanol–water partition coefficient (Wildman–Crippen LogP) is -5.40. The van der Waals surface area contributed by atoms with Gasteiger partial charge >= 0.3 is 0 Å². The second-order valence-electron chi connectivity index (χ2n) is 5.57. The first kappa shape index (κ1) is 18.9. The lowest BCUT2D eigenvalue weighted by Gasteiger charge is -2.40. The van der Waals surface area contributed by atoms with E-state index in [0.717, 1.165) is 0 Å². The van der Waals surface area contributed by atoms with Crippen molar-refractivity contribution in [3.8, 4) is 0 Å². The van der Waals surface area contributed by atoms with Crippen molar-refractivity contribution in [2.75, 3.05) is 13.2 Å². The maximum Gasteiger partial charge on any atom is 0.186 e. The number of ether oxygens (including phenoxy) is 3. The Hall–Kier alpha value is -0.440. The number of hydrogen-bond acceptors (Lipinski definition) is 11. The standard InChI is InChI=1S/C12H22O11/c13-1-4-5(15)6(16)9(19)12(22-4)21-2-3(14)10-7(17)8(18)11(20)23-10/h3-20H,1-2H2/t3-,4-,5-,6+,7-,8-,9-,10-,11+,12+/m1/s1. The lowest BCUT2D eigenvalue weighted by molar-refractivity contribution is -0.306. The molecule has 2 aliphatic heterocycles. The molecule has 0 amide bonds. The van der Waals surface area contributed by atoms with Crippen molar-refractivity contribution in [3.05, 3.63) is 0 Å². The van der Waals surface area contributed by atoms with Gasteiger partial charge in [0.2, 0.25) is 0 Å². The topological polar surface area (TPSA) is 190 Å². The SMILES string of the molecule is OC[C@H]1O[C@H](OC[C@@H](O)[C@H]2O[C@H](O)[C@H](O)[C@H]2O)[C@H](O)[C@@H](O)[C@@H]1O. The summed E-state index contributed by atoms with van der Waals surface area (Å²) in [5.74, 6) is 0. The zero-order chi connectivity index (χ0) is 17.3. The number of aliphatic hydroxyl groups excluding tert-OH is 8. The van der Waals surface area contributed by atoms with Gasteiger partial charge in [-0.2, -0.15) is 0 Å². The smallest absolute Gasteiger partial charge is 0.186 e. The lowest BCUT2D eigenvalue weighted by Crippen LogP contribution is -2.59. The molecule has 2 rings (SSSR count). The van der Waals surface area contributed by atoms with Gasteiger partial charge in [0, 0.05) is 0 Å². The van der Waals surface area contributed by atoms with Crippen LogP contribution in [0.25, 0.3) is 0 Å². The average molecular weight is 342 g/mol. The Balaban J connectivity index is 1.89. The Morgan fingerprint density at radius 3 is 2.00 bits per heavy atom. The highest BCUT2D eigenvalue weighted by Crippen LogP contribution is 2.25. The largest absolute Gasteiger partial charge is 0.394 e. The summed E-state index contributed by atoms with van der Waals surface area (Å²) in [6, 6.07) is 0. The molecule has 0 bridgehead atoms. The Kier molecular flexibility index (Phi) is 6.27. The molecule has 0 saturated carbocycles. The Labute approximate surface area is 130 Å². The third kappa shape index (κ3) is 3.81. The summed E-state index contributed by atoms with van der Waals surface area (Å²) >= 11 is 0. The van der Waals surface area contributed by atoms with E-state index >= 15 is 0 Å². The zero-order valence-electron chi connectivity index (χ0n) is 12.0. The van der Waals surface area contributed by atoms with Gasteiger partial charge in [0.15, 0.2) is 12.6 Å². The molecule has 10 atom stereocenters. The van der Waals surface area contributed by atoms with E-state index in [9.17, 15) is 35.7 Å². The van der Waals surface area contributed by atoms with Crippen LogP contribution >= 0.6 is 0 Å². The highest BCUT2D eigenvalue weighted by molar-refractivity contribution is 4.91. The van der Waals surface area contributed by atoms with E-state index in [1.54, 1.807) is 0 Å². The summed E-state index contributed by atoms with van der Waals surface area (Å²) < 4.78 is 14.9. The first-order valence-corrected chi connectivity index (χ1v) is 7.07. The number of aliphatic hydroxyl groups is 8. The minimum Gasteiger partial charge on any atom is -0.394 e. The predicted molar refractivity (Wildman–Crippen MR) is 68.6 cm³/mol. The van der Waals surface area contributed by atoms with Crippen LogP contribution in [0.4, 0.5) is 0 Å². The summed E-state index contributed by atoms with van der Waals surface area (Å²) in [4.78, 5) is 0. The fraction of sp³-hybridized carbons (Fsp3) is 1.00. The molecule has 0 aromatic rings. The van der Waals surface area contributed by atoms with Crippen LogP contribution in [-0.2, 0) is 14.2 Å². The molecule has 136 valence electrons. The van der Waals surface area contributed by atoms with Gasteiger partial charge in [0.25, 0.3) is 0 Å². The quantitative estimate of drug-likeness (QED) is 0.238. The van der Waals surface area contributed by atoms with Crippen LogP contribution in [0.3, 0.4) is 0 Å². The normalized spacial score (nSPS) is 49.3. The Morgan fingerprint density at radius 1 is 0.826 bits per heavy atom. The van der Waals surface area contributed by atoms with Crippen LogP contribution in [0.2, 0.25) is 0 Å². The van der Waals surface area contributed by atoms with Gasteiger partial charge in [-0.3, -0.25) is 0 Å². The molecule has 11 heteroatoms. The molecule has 0 unspecified atom stereocenters. The molecule has 0 aromatic heterocycles. The molecule has 8 N–H and O–H groups in total. The molecular weight excluding hydrogens is 320 g/mol. The third-order valence-electron chi connectivity index (χ3n) is 3.93. The van der Waals surface area contributed by atoms with E-state index in [1.807, 2.05) is 0 Å². The van der Waals surface area contributed by atoms with Crippen molar-refractivity contribution < 1.29 is 55.1 Å². The number of hydrogen-bond donors (Lipinski definition) is 8. The van der Waals surface area contributed by atoms with Crippen LogP contribution in [0.1, 0.15) is 0 Å². The van der Waals surface area contributed by atoms with Gasteiger partial charge in [-0.1, -0.05) is 0 Å². The minimum atomic E-state index is -1.66. The molecule has 0 aliphatic carbocycles. The van der Waals surface area contributed by atoms with E-state index in [-0.39, 0.29) is 0 Å². The molecule has 23 heavy (non-hydrogen) atoms. The summed E-state index contributed by atoms with van der Waals surface area (Å²) in [5.41, 5.74) is 0. The van der Waals surface area contributed by atoms with Gasteiger partial charge in [-0.25, -0.2) is 0 Å². The van der Waals surface area contributed by atoms with Crippen LogP contribution in [-0.4, -0.2) is 115 Å². The highest BCUT2D eigenvalue weighted by atomic mass is 16.7. The van der Waals surface area contributed by atoms with E-state index in [1.165, 1.54) is 0 Å². The Bertz CT molecular complexity index is 380. The molecule has 2 heterocycles. The fourth-order valence-electron chi connectivity index (χ4n) is 2.50. The molecule has 2 saturated heterocycles. The molecule has 2 aliphatic rings. The maximum atomic E-state index is 9.88. The van der Waals surface area contributed by atoms with Crippen molar-refractivity contribution in [3.63, 3.8) is 0 Å². The van der Waals surface area contributed by atoms with Crippen molar-refractivity contribution in [2.24, 2.45) is 0 Å². The fourth-order valence-corrected chi connectivity index (χ4v) is 2.50. The lowest BCUT2D eigenvalue weighted by atomic mass is 9.99. The molecule has 0 radical (unpaired) electrons. The van der Waals surface area contributed by atoms with Crippen LogP contribution < -0.4 is 0 Å². The molecular formula is C12H22O11. The Morgan fingerprint density at radius 2 is 1.48 bits per heavy atom. The van der Waals surface area contributed by atoms with E-state index < -0.39 is 74.6 Å². The molecule has 0 spiro atoms. The number of rotatable bonds is 5. The van der Waals surface area contributed by atoms with Gasteiger partial charge in [-0.05, 0) is 0 Å². The van der Waals surface area contributed by atoms with Crippen LogP contribution in [0.15, 0.2) is 0 Å². The van der Waals surface area contributed by atoms with Crippen molar-refractivity contribution >= 4 is 0 Å². The monoisotopic (exact) mass is 342 g/mol. The minimum absolute atomic E-state index is 0.538. The summed E-state index contributed by atoms with van der Waals surface area (Å²) in [7, 11) is 0. The molecule has 11 nitrogen and oxygen atoms in total. The van der Waals surface area contributed by atoms with E-state index in [0.29, 0.717) is 0 Å². The van der Waals surface area contributed by atoms with Gasteiger partial charge in [-0.15, -0.1) is 0 Å². The molecule has 2 fully saturated rings. The summed E-state index contributed by atoms with van der Waals surface area (Å²) in [6.07, 6.45) is -15.0. The van der Waals surface area contributed by atoms with Crippen molar-refractivity contribution in [1.82, 2.24) is 0 Å². The van der Waals surface area contributed by atoms with Gasteiger partial charge in [0.05, 0.1) is 13.2 Å². The van der Waals surface area contributed by atoms with Crippen molar-refractivity contribution in [2.45, 2.75) is 61.4 Å². The molecule has 0 aromatic carbocycles. The van der Waals surface area contributed by atoms with Crippen LogP contribution in [0, 0.1) is 0 Å². The van der Waals surface area contributed by atoms with Gasteiger partial charge < -0.3 is 55.1 Å². The average Bonchev–Trinajstić information content (AvgIpc) is 2.79.